The van der Waals surface area contributed by atoms with Crippen LogP contribution in [0.25, 0.3) is 21.3 Å². The fourth-order valence-electron chi connectivity index (χ4n) is 16.8. The summed E-state index contributed by atoms with van der Waals surface area (Å²) in [5.74, 6) is 0.391. The molecule has 3 fully saturated rings. The third-order valence-corrected chi connectivity index (χ3v) is 30.4. The Balaban J connectivity index is 0.740. The van der Waals surface area contributed by atoms with Crippen molar-refractivity contribution in [3.8, 4) is 5.75 Å². The first-order valence-electron chi connectivity index (χ1n) is 33.4. The summed E-state index contributed by atoms with van der Waals surface area (Å²) < 4.78 is 46.9. The molecule has 506 valence electrons. The predicted molar refractivity (Wildman–Crippen MR) is 362 cm³/mol. The first-order valence-corrected chi connectivity index (χ1v) is 40.7. The number of likely N-dealkylation sites (N-methyl/N-ethyl adjacent to an activating group) is 1. The van der Waals surface area contributed by atoms with Crippen LogP contribution in [0.2, 0.25) is 32.2 Å². The van der Waals surface area contributed by atoms with Gasteiger partial charge in [0.05, 0.1) is 98.0 Å². The minimum absolute atomic E-state index is 0.193. The molecule has 1 unspecified atom stereocenters. The number of para-hydroxylation sites is 1. The van der Waals surface area contributed by atoms with Gasteiger partial charge < -0.3 is 67.8 Å². The van der Waals surface area contributed by atoms with E-state index in [0.29, 0.717) is 136 Å². The number of amides is 1. The highest BCUT2D eigenvalue weighted by atomic mass is 32.2. The van der Waals surface area contributed by atoms with E-state index in [0.717, 1.165) is 84.1 Å². The van der Waals surface area contributed by atoms with E-state index in [1.807, 2.05) is 7.05 Å². The number of nitrogens with one attached hydrogen (secondary N) is 2. The van der Waals surface area contributed by atoms with Gasteiger partial charge in [0.2, 0.25) is 0 Å². The molecule has 1 aliphatic carbocycles. The van der Waals surface area contributed by atoms with Gasteiger partial charge in [0.25, 0.3) is 5.91 Å². The number of hydrogen-bond donors (Lipinski definition) is 5. The van der Waals surface area contributed by atoms with Crippen LogP contribution < -0.4 is 15.0 Å². The lowest BCUT2D eigenvalue weighted by Gasteiger charge is -2.63. The molecular weight excluding hydrogens is 1230 g/mol. The summed E-state index contributed by atoms with van der Waals surface area (Å²) in [6.45, 7) is 25.3. The summed E-state index contributed by atoms with van der Waals surface area (Å²) in [6.07, 6.45) is 11.4. The van der Waals surface area contributed by atoms with Gasteiger partial charge in [-0.05, 0) is 125 Å². The highest BCUT2D eigenvalue weighted by Crippen LogP contribution is 2.67. The number of anilines is 1. The molecule has 10 rings (SSSR count). The summed E-state index contributed by atoms with van der Waals surface area (Å²) in [5.41, 5.74) is 10.5. The van der Waals surface area contributed by atoms with E-state index in [1.165, 1.54) is 16.6 Å². The third kappa shape index (κ3) is 14.7. The fraction of sp³-hybridized carbons (Fsp3) is 0.687. The Morgan fingerprint density at radius 2 is 1.55 bits per heavy atom. The molecule has 25 heteroatoms. The maximum absolute atomic E-state index is 15.5. The van der Waals surface area contributed by atoms with Gasteiger partial charge in [0.15, 0.2) is 27.4 Å². The lowest BCUT2D eigenvalue weighted by Crippen LogP contribution is -2.81. The molecule has 5 N–H and O–H groups in total. The van der Waals surface area contributed by atoms with Gasteiger partial charge in [0.1, 0.15) is 11.9 Å². The zero-order valence-corrected chi connectivity index (χ0v) is 58.7. The number of carbonyl (C=O) groups is 1. The van der Waals surface area contributed by atoms with Gasteiger partial charge in [0, 0.05) is 131 Å². The van der Waals surface area contributed by atoms with Crippen LogP contribution in [0.3, 0.4) is 0 Å². The van der Waals surface area contributed by atoms with E-state index in [4.69, 9.17) is 42.8 Å². The van der Waals surface area contributed by atoms with Crippen LogP contribution in [0.4, 0.5) is 5.69 Å². The summed E-state index contributed by atoms with van der Waals surface area (Å²) in [5, 5.41) is 48.3. The second-order valence-electron chi connectivity index (χ2n) is 27.8. The number of benzene rings is 2. The summed E-state index contributed by atoms with van der Waals surface area (Å²) >= 11 is 1.61. The van der Waals surface area contributed by atoms with Gasteiger partial charge in [-0.3, -0.25) is 14.6 Å². The lowest BCUT2D eigenvalue weighted by atomic mass is 9.47. The second-order valence-corrected chi connectivity index (χ2v) is 37.9. The molecule has 1 spiro atoms. The van der Waals surface area contributed by atoms with Crippen LogP contribution in [0.15, 0.2) is 71.2 Å². The molecular formula is C67H102N10O12SSi2. The highest BCUT2D eigenvalue weighted by molar-refractivity contribution is 8.00. The van der Waals surface area contributed by atoms with Crippen LogP contribution in [0, 0.1) is 11.3 Å². The molecule has 92 heavy (non-hydrogen) atoms. The van der Waals surface area contributed by atoms with Gasteiger partial charge in [-0.2, -0.15) is 0 Å². The molecule has 6 aliphatic rings. The van der Waals surface area contributed by atoms with Gasteiger partial charge in [-0.1, -0.05) is 61.1 Å². The number of aromatic amines is 1. The Bertz CT molecular complexity index is 3220. The number of nitrogens with zero attached hydrogens (tertiary/aromatic N) is 8. The van der Waals surface area contributed by atoms with Crippen LogP contribution in [-0.4, -0.2) is 230 Å². The first-order chi connectivity index (χ1) is 44.2. The minimum Gasteiger partial charge on any atom is -0.496 e. The van der Waals surface area contributed by atoms with Gasteiger partial charge in [-0.15, -0.1) is 0 Å². The average molecular weight is 1330 g/mol. The number of thioether (sulfide) groups is 1. The van der Waals surface area contributed by atoms with E-state index >= 15 is 4.79 Å². The first kappa shape index (κ1) is 70.3. The SMILES string of the molecule is CC[C@]1(O)C[C@H]2CN(CCc3c([nH]c4ccccc34)[C@@](C)(c3cc4c(cc3OC)N(C)[C@H]3[C@@](O)(C(=O)NCCC[Si](C)(C)O[Si](C)(C)CSc5ncc(COCCOCCOCCOCCOCCOCCN=[N+]=[N-])cn5)[C@H](O)[C@]5(CC)C=CCN6CC[C@]43[C@@H]65)C2)C1. The zero-order valence-electron chi connectivity index (χ0n) is 55.9. The zero-order chi connectivity index (χ0) is 65.4. The van der Waals surface area contributed by atoms with E-state index in [1.54, 1.807) is 31.3 Å². The topological polar surface area (TPSA) is 264 Å². The molecule has 1 amide bonds. The number of rotatable bonds is 34. The smallest absolute Gasteiger partial charge is 0.256 e. The molecule has 10 atom stereocenters. The number of hydrogen-bond acceptors (Lipinski definition) is 19. The Hall–Kier alpha value is -4.52. The number of aliphatic hydroxyl groups is 3. The fourth-order valence-corrected chi connectivity index (χ4v) is 27.1. The Labute approximate surface area is 550 Å². The summed E-state index contributed by atoms with van der Waals surface area (Å²) in [7, 11) is -0.728. The largest absolute Gasteiger partial charge is 0.496 e. The maximum atomic E-state index is 15.5. The van der Waals surface area contributed by atoms with Crippen molar-refractivity contribution in [2.75, 3.05) is 143 Å². The number of aliphatic hydroxyl groups excluding tert-OH is 1. The summed E-state index contributed by atoms with van der Waals surface area (Å²) in [4.78, 5) is 38.5. The number of azide groups is 1. The molecule has 22 nitrogen and oxygen atoms in total. The number of fused-ring (bicyclic) bond motifs is 6. The van der Waals surface area contributed by atoms with Crippen LogP contribution in [0.1, 0.15) is 87.2 Å². The van der Waals surface area contributed by atoms with Crippen molar-refractivity contribution < 1.29 is 57.4 Å². The monoisotopic (exact) mass is 1330 g/mol. The Morgan fingerprint density at radius 1 is 0.880 bits per heavy atom. The van der Waals surface area contributed by atoms with Crippen LogP contribution in [0.5, 0.6) is 5.75 Å². The Morgan fingerprint density at radius 3 is 2.22 bits per heavy atom. The third-order valence-electron chi connectivity index (χ3n) is 20.6. The molecule has 7 heterocycles. The number of ether oxygens (including phenoxy) is 7. The quantitative estimate of drug-likeness (QED) is 0.00433. The van der Waals surface area contributed by atoms with Crippen LogP contribution in [-0.2, 0) is 61.2 Å². The van der Waals surface area contributed by atoms with Crippen molar-refractivity contribution in [2.24, 2.45) is 16.4 Å². The number of methoxy groups -OCH3 is 1. The number of carbonyl (C=O) groups excluding carboxylic acids is 1. The number of piperidine rings is 1. The molecule has 4 aromatic rings. The number of aromatic nitrogens is 3. The highest BCUT2D eigenvalue weighted by Gasteiger charge is 2.78. The van der Waals surface area contributed by atoms with Gasteiger partial charge in [-0.25, -0.2) is 9.97 Å². The molecule has 2 aromatic heterocycles. The van der Waals surface area contributed by atoms with E-state index < -0.39 is 62.1 Å². The molecule has 0 radical (unpaired) electrons. The maximum Gasteiger partial charge on any atom is 0.256 e. The second kappa shape index (κ2) is 30.3. The van der Waals surface area contributed by atoms with Crippen molar-refractivity contribution in [1.82, 2.24) is 30.1 Å². The van der Waals surface area contributed by atoms with E-state index in [2.05, 4.69) is 141 Å². The van der Waals surface area contributed by atoms with Crippen LogP contribution >= 0.6 is 11.8 Å². The number of H-pyrrole nitrogens is 1. The molecule has 2 aromatic carbocycles. The lowest BCUT2D eigenvalue weighted by molar-refractivity contribution is -0.203. The van der Waals surface area contributed by atoms with E-state index in [9.17, 15) is 15.3 Å². The summed E-state index contributed by atoms with van der Waals surface area (Å²) in [6, 6.07) is 13.0. The molecule has 1 saturated carbocycles. The predicted octanol–water partition coefficient (Wildman–Crippen LogP) is 8.06. The molecule has 2 bridgehead atoms. The average Bonchev–Trinajstić information content (AvgIpc) is 1.45. The molecule has 2 saturated heterocycles. The van der Waals surface area contributed by atoms with E-state index in [-0.39, 0.29) is 12.0 Å². The van der Waals surface area contributed by atoms with Crippen molar-refractivity contribution in [1.29, 1.82) is 0 Å². The molecule has 5 aliphatic heterocycles. The normalized spacial score (nSPS) is 28.4. The van der Waals surface area contributed by atoms with Crippen molar-refractivity contribution >= 4 is 50.9 Å². The van der Waals surface area contributed by atoms with Crippen molar-refractivity contribution in [2.45, 2.75) is 150 Å². The minimum atomic E-state index is -2.26. The van der Waals surface area contributed by atoms with Crippen molar-refractivity contribution in [3.05, 3.63) is 99.3 Å². The van der Waals surface area contributed by atoms with Gasteiger partial charge >= 0.3 is 0 Å². The van der Waals surface area contributed by atoms with Crippen molar-refractivity contribution in [3.63, 3.8) is 0 Å². The Kier molecular flexibility index (Phi) is 23.1. The standard InChI is InChI=1S/C67H102N10O12SSi2/c1-10-64(80)41-48-40-63(3,57-51(18-24-76(44-48)46-64)50-16-12-13-17-54(50)73-57)53-38-52-55(39-56(53)82-5)75(4)59-66(52)20-25-77-23-14-19-65(11-2,58(66)77)60(78)67(59,81)61(79)69-21-15-37-91(6,7)89-92(8,9)47-90-62-70-42-49(43-71-62)45-88-36-35-87-34-33-86-32-31-85-30-29-84-28-27-83-26-22-72-74-68/h12-14,16-17,19,38-39,42-43,48,58-60,73,78,80-81H,10-11,15,18,20-37,40-41,44-47H2,1-9H3,(H,69,79)/t48-,58-,59+,60+,63+,64-,65+,66+,67-/m0/s1.